The molecule has 8 nitrogen and oxygen atoms in total. The van der Waals surface area contributed by atoms with E-state index in [2.05, 4.69) is 15.2 Å². The monoisotopic (exact) mass is 222 g/mol. The van der Waals surface area contributed by atoms with Gasteiger partial charge >= 0.3 is 5.69 Å². The summed E-state index contributed by atoms with van der Waals surface area (Å²) in [7, 11) is 1.75. The number of aromatic nitrogens is 5. The molecule has 0 unspecified atom stereocenters. The van der Waals surface area contributed by atoms with Crippen molar-refractivity contribution in [3.05, 3.63) is 39.1 Å². The molecule has 0 spiro atoms. The number of nitrogens with two attached hydrogens (primary N) is 1. The van der Waals surface area contributed by atoms with E-state index >= 15 is 0 Å². The van der Waals surface area contributed by atoms with Gasteiger partial charge in [-0.1, -0.05) is 0 Å². The number of hydrogen-bond acceptors (Lipinski definition) is 5. The van der Waals surface area contributed by atoms with E-state index in [1.807, 2.05) is 0 Å². The standard InChI is InChI=1S/C8H10N6O2/c1-13-4-10-12-6(13)3-14-5(9)2-7(15)11-8(14)16/h2,4H,3,9H2,1H3,(H,11,15,16). The van der Waals surface area contributed by atoms with Crippen molar-refractivity contribution in [3.63, 3.8) is 0 Å². The molecule has 0 bridgehead atoms. The first-order valence-electron chi connectivity index (χ1n) is 4.50. The first-order chi connectivity index (χ1) is 7.58. The summed E-state index contributed by atoms with van der Waals surface area (Å²) in [5.41, 5.74) is 4.50. The molecule has 16 heavy (non-hydrogen) atoms. The quantitative estimate of drug-likeness (QED) is 0.628. The van der Waals surface area contributed by atoms with Gasteiger partial charge in [0, 0.05) is 13.1 Å². The largest absolute Gasteiger partial charge is 0.385 e. The average molecular weight is 222 g/mol. The second kappa shape index (κ2) is 3.65. The van der Waals surface area contributed by atoms with Crippen LogP contribution in [-0.4, -0.2) is 24.3 Å². The van der Waals surface area contributed by atoms with E-state index in [1.54, 1.807) is 11.6 Å². The Labute approximate surface area is 89.4 Å². The minimum Gasteiger partial charge on any atom is -0.385 e. The lowest BCUT2D eigenvalue weighted by molar-refractivity contribution is 0.664. The molecule has 0 radical (unpaired) electrons. The maximum Gasteiger partial charge on any atom is 0.330 e. The van der Waals surface area contributed by atoms with Crippen molar-refractivity contribution in [2.75, 3.05) is 5.73 Å². The molecule has 2 aromatic rings. The SMILES string of the molecule is Cn1cnnc1Cn1c(N)cc(=O)[nH]c1=O. The highest BCUT2D eigenvalue weighted by molar-refractivity contribution is 5.26. The second-order valence-corrected chi connectivity index (χ2v) is 3.31. The zero-order valence-electron chi connectivity index (χ0n) is 8.54. The molecule has 0 saturated heterocycles. The molecular formula is C8H10N6O2. The summed E-state index contributed by atoms with van der Waals surface area (Å²) in [5.74, 6) is 0.664. The highest BCUT2D eigenvalue weighted by Crippen LogP contribution is 1.98. The maximum atomic E-state index is 11.5. The third-order valence-electron chi connectivity index (χ3n) is 2.17. The van der Waals surface area contributed by atoms with Crippen LogP contribution in [0.1, 0.15) is 5.82 Å². The minimum absolute atomic E-state index is 0.0942. The van der Waals surface area contributed by atoms with Gasteiger partial charge in [0.2, 0.25) is 0 Å². The summed E-state index contributed by atoms with van der Waals surface area (Å²) in [6.07, 6.45) is 1.52. The van der Waals surface area contributed by atoms with E-state index in [1.165, 1.54) is 10.9 Å². The fourth-order valence-corrected chi connectivity index (χ4v) is 1.29. The lowest BCUT2D eigenvalue weighted by Crippen LogP contribution is -2.32. The van der Waals surface area contributed by atoms with Crippen LogP contribution in [0.5, 0.6) is 0 Å². The van der Waals surface area contributed by atoms with Gasteiger partial charge in [0.25, 0.3) is 5.56 Å². The Morgan fingerprint density at radius 2 is 2.25 bits per heavy atom. The molecule has 0 aromatic carbocycles. The molecule has 2 aromatic heterocycles. The maximum absolute atomic E-state index is 11.5. The van der Waals surface area contributed by atoms with Crippen LogP contribution in [0, 0.1) is 0 Å². The van der Waals surface area contributed by atoms with Gasteiger partial charge in [-0.15, -0.1) is 10.2 Å². The van der Waals surface area contributed by atoms with E-state index < -0.39 is 11.2 Å². The van der Waals surface area contributed by atoms with Crippen LogP contribution in [0.25, 0.3) is 0 Å². The van der Waals surface area contributed by atoms with E-state index in [0.29, 0.717) is 5.82 Å². The molecule has 0 saturated carbocycles. The number of nitrogens with zero attached hydrogens (tertiary/aromatic N) is 4. The highest BCUT2D eigenvalue weighted by Gasteiger charge is 2.07. The number of nitrogens with one attached hydrogen (secondary N) is 1. The summed E-state index contributed by atoms with van der Waals surface area (Å²) in [6.45, 7) is 0.165. The molecule has 2 heterocycles. The Balaban J connectivity index is 2.47. The van der Waals surface area contributed by atoms with Crippen molar-refractivity contribution in [3.8, 4) is 0 Å². The van der Waals surface area contributed by atoms with E-state index in [-0.39, 0.29) is 12.4 Å². The molecule has 84 valence electrons. The second-order valence-electron chi connectivity index (χ2n) is 3.31. The Kier molecular flexibility index (Phi) is 2.31. The van der Waals surface area contributed by atoms with Crippen LogP contribution in [0.2, 0.25) is 0 Å². The summed E-state index contributed by atoms with van der Waals surface area (Å²) in [4.78, 5) is 24.5. The fourth-order valence-electron chi connectivity index (χ4n) is 1.29. The number of hydrogen-bond donors (Lipinski definition) is 2. The van der Waals surface area contributed by atoms with Gasteiger partial charge in [-0.2, -0.15) is 0 Å². The van der Waals surface area contributed by atoms with Crippen molar-refractivity contribution in [1.29, 1.82) is 0 Å². The zero-order valence-corrected chi connectivity index (χ0v) is 8.54. The summed E-state index contributed by atoms with van der Waals surface area (Å²) in [6, 6.07) is 1.15. The highest BCUT2D eigenvalue weighted by atomic mass is 16.2. The molecule has 3 N–H and O–H groups in total. The van der Waals surface area contributed by atoms with Crippen LogP contribution in [-0.2, 0) is 13.6 Å². The molecule has 0 atom stereocenters. The van der Waals surface area contributed by atoms with E-state index in [9.17, 15) is 9.59 Å². The van der Waals surface area contributed by atoms with Crippen molar-refractivity contribution < 1.29 is 0 Å². The third-order valence-corrected chi connectivity index (χ3v) is 2.17. The van der Waals surface area contributed by atoms with Gasteiger partial charge in [-0.3, -0.25) is 14.3 Å². The Morgan fingerprint density at radius 3 is 2.81 bits per heavy atom. The van der Waals surface area contributed by atoms with Gasteiger partial charge in [-0.25, -0.2) is 4.79 Å². The van der Waals surface area contributed by atoms with Crippen LogP contribution in [0.4, 0.5) is 5.82 Å². The fraction of sp³-hybridized carbons (Fsp3) is 0.250. The summed E-state index contributed by atoms with van der Waals surface area (Å²) < 4.78 is 2.88. The van der Waals surface area contributed by atoms with Gasteiger partial charge < -0.3 is 10.3 Å². The van der Waals surface area contributed by atoms with E-state index in [4.69, 9.17) is 5.73 Å². The molecule has 0 aliphatic carbocycles. The summed E-state index contributed by atoms with van der Waals surface area (Å²) >= 11 is 0. The lowest BCUT2D eigenvalue weighted by atomic mass is 10.5. The molecule has 8 heteroatoms. The van der Waals surface area contributed by atoms with Crippen LogP contribution in [0.15, 0.2) is 22.0 Å². The Hall–Kier alpha value is -2.38. The smallest absolute Gasteiger partial charge is 0.330 e. The molecule has 0 aliphatic rings. The lowest BCUT2D eigenvalue weighted by Gasteiger charge is -2.06. The van der Waals surface area contributed by atoms with Crippen LogP contribution >= 0.6 is 0 Å². The number of rotatable bonds is 2. The predicted octanol–water partition coefficient (Wildman–Crippen LogP) is -1.70. The number of anilines is 1. The molecular weight excluding hydrogens is 212 g/mol. The van der Waals surface area contributed by atoms with E-state index in [0.717, 1.165) is 6.07 Å². The number of H-pyrrole nitrogens is 1. The predicted molar refractivity (Wildman–Crippen MR) is 55.8 cm³/mol. The van der Waals surface area contributed by atoms with Gasteiger partial charge in [0.1, 0.15) is 12.1 Å². The Morgan fingerprint density at radius 1 is 1.50 bits per heavy atom. The minimum atomic E-state index is -0.562. The topological polar surface area (TPSA) is 112 Å². The number of aromatic amines is 1. The van der Waals surface area contributed by atoms with Gasteiger partial charge in [0.05, 0.1) is 6.54 Å². The molecule has 2 rings (SSSR count). The average Bonchev–Trinajstić information content (AvgIpc) is 2.57. The normalized spacial score (nSPS) is 10.6. The Bertz CT molecular complexity index is 622. The van der Waals surface area contributed by atoms with Gasteiger partial charge in [0.15, 0.2) is 5.82 Å². The number of nitrogen functional groups attached to an aromatic ring is 1. The van der Waals surface area contributed by atoms with Gasteiger partial charge in [-0.05, 0) is 0 Å². The van der Waals surface area contributed by atoms with Crippen molar-refractivity contribution in [2.24, 2.45) is 7.05 Å². The molecule has 0 amide bonds. The first kappa shape index (κ1) is 10.1. The number of aryl methyl sites for hydroxylation is 1. The molecule has 0 aliphatic heterocycles. The van der Waals surface area contributed by atoms with Crippen molar-refractivity contribution in [1.82, 2.24) is 24.3 Å². The zero-order chi connectivity index (χ0) is 11.7. The van der Waals surface area contributed by atoms with Crippen LogP contribution < -0.4 is 17.0 Å². The van der Waals surface area contributed by atoms with Crippen molar-refractivity contribution in [2.45, 2.75) is 6.54 Å². The van der Waals surface area contributed by atoms with Crippen molar-refractivity contribution >= 4 is 5.82 Å². The third kappa shape index (κ3) is 1.72. The molecule has 0 fully saturated rings. The summed E-state index contributed by atoms with van der Waals surface area (Å²) in [5, 5.41) is 7.50. The van der Waals surface area contributed by atoms with Crippen LogP contribution in [0.3, 0.4) is 0 Å². The first-order valence-corrected chi connectivity index (χ1v) is 4.50.